The molecular formula is C28H23NO4. The predicted octanol–water partition coefficient (Wildman–Crippen LogP) is 5.86. The molecule has 4 rings (SSSR count). The largest absolute Gasteiger partial charge is 0.331 e. The first-order valence-electron chi connectivity index (χ1n) is 10.6. The fraction of sp³-hybridized carbons (Fsp3) is 0.143. The normalized spacial score (nSPS) is 12.1. The topological polar surface area (TPSA) is 72.8 Å². The van der Waals surface area contributed by atoms with Crippen molar-refractivity contribution < 1.29 is 19.2 Å². The van der Waals surface area contributed by atoms with E-state index < -0.39 is 5.97 Å². The number of ketones is 2. The first-order valence-corrected chi connectivity index (χ1v) is 10.6. The summed E-state index contributed by atoms with van der Waals surface area (Å²) in [6, 6.07) is 20.4. The molecule has 33 heavy (non-hydrogen) atoms. The van der Waals surface area contributed by atoms with Crippen molar-refractivity contribution in [3.05, 3.63) is 100 Å². The van der Waals surface area contributed by atoms with Gasteiger partial charge in [-0.15, -0.1) is 0 Å². The van der Waals surface area contributed by atoms with Crippen LogP contribution in [0.1, 0.15) is 65.1 Å². The maximum Gasteiger partial charge on any atom is 0.331 e. The van der Waals surface area contributed by atoms with Crippen LogP contribution in [0.5, 0.6) is 0 Å². The van der Waals surface area contributed by atoms with Gasteiger partial charge >= 0.3 is 5.97 Å². The van der Waals surface area contributed by atoms with Gasteiger partial charge in [-0.1, -0.05) is 65.3 Å². The fourth-order valence-electron chi connectivity index (χ4n) is 4.08. The Morgan fingerprint density at radius 3 is 1.82 bits per heavy atom. The second-order valence-corrected chi connectivity index (χ2v) is 8.18. The SMILES string of the molecule is CC(=O)O/N=C(/C)C(=O)c1ccc2c(c1)C(=C(C)C)c1cc(C(=O)c3ccccc3)ccc1-2. The Bertz CT molecular complexity index is 1360. The minimum absolute atomic E-state index is 0.0318. The Morgan fingerprint density at radius 1 is 0.667 bits per heavy atom. The summed E-state index contributed by atoms with van der Waals surface area (Å²) < 4.78 is 0. The van der Waals surface area contributed by atoms with Gasteiger partial charge in [-0.05, 0) is 60.7 Å². The van der Waals surface area contributed by atoms with Crippen molar-refractivity contribution in [1.29, 1.82) is 0 Å². The number of fused-ring (bicyclic) bond motifs is 3. The van der Waals surface area contributed by atoms with E-state index in [4.69, 9.17) is 0 Å². The van der Waals surface area contributed by atoms with Crippen molar-refractivity contribution in [1.82, 2.24) is 0 Å². The lowest BCUT2D eigenvalue weighted by molar-refractivity contribution is -0.140. The molecule has 0 aromatic heterocycles. The molecule has 3 aromatic rings. The number of nitrogens with zero attached hydrogens (tertiary/aromatic N) is 1. The van der Waals surface area contributed by atoms with E-state index in [0.29, 0.717) is 16.7 Å². The maximum absolute atomic E-state index is 13.0. The van der Waals surface area contributed by atoms with Gasteiger partial charge in [0, 0.05) is 23.6 Å². The molecule has 0 bridgehead atoms. The highest BCUT2D eigenvalue weighted by Crippen LogP contribution is 2.46. The molecule has 0 atom stereocenters. The highest BCUT2D eigenvalue weighted by Gasteiger charge is 2.27. The van der Waals surface area contributed by atoms with Gasteiger partial charge < -0.3 is 4.84 Å². The highest BCUT2D eigenvalue weighted by molar-refractivity contribution is 6.45. The van der Waals surface area contributed by atoms with Gasteiger partial charge in [-0.3, -0.25) is 9.59 Å². The van der Waals surface area contributed by atoms with Crippen LogP contribution in [0.4, 0.5) is 0 Å². The van der Waals surface area contributed by atoms with E-state index in [9.17, 15) is 14.4 Å². The molecule has 1 aliphatic rings. The van der Waals surface area contributed by atoms with Crippen LogP contribution < -0.4 is 0 Å². The predicted molar refractivity (Wildman–Crippen MR) is 128 cm³/mol. The smallest absolute Gasteiger partial charge is 0.318 e. The third kappa shape index (κ3) is 4.17. The van der Waals surface area contributed by atoms with Crippen molar-refractivity contribution >= 4 is 28.8 Å². The van der Waals surface area contributed by atoms with Gasteiger partial charge in [-0.25, -0.2) is 4.79 Å². The maximum atomic E-state index is 13.0. The first kappa shape index (κ1) is 22.1. The number of oxime groups is 1. The van der Waals surface area contributed by atoms with Crippen LogP contribution >= 0.6 is 0 Å². The summed E-state index contributed by atoms with van der Waals surface area (Å²) in [5.41, 5.74) is 7.82. The monoisotopic (exact) mass is 437 g/mol. The summed E-state index contributed by atoms with van der Waals surface area (Å²) in [5, 5.41) is 3.62. The number of rotatable bonds is 5. The van der Waals surface area contributed by atoms with E-state index in [-0.39, 0.29) is 17.3 Å². The lowest BCUT2D eigenvalue weighted by Gasteiger charge is -2.08. The minimum atomic E-state index is -0.584. The molecule has 0 spiro atoms. The number of carbonyl (C=O) groups is 3. The summed E-state index contributed by atoms with van der Waals surface area (Å²) in [6.45, 7) is 6.77. The Balaban J connectivity index is 1.76. The van der Waals surface area contributed by atoms with Gasteiger partial charge in [0.05, 0.1) is 0 Å². The van der Waals surface area contributed by atoms with Gasteiger partial charge in [0.2, 0.25) is 5.78 Å². The standard InChI is InChI=1S/C28H23NO4/c1-16(2)26-24-14-20(27(31)17(3)29-33-18(4)30)10-12-22(24)23-13-11-21(15-25(23)26)28(32)19-8-6-5-7-9-19/h5-15H,1-4H3/b29-17-. The quantitative estimate of drug-likeness (QED) is 0.170. The molecule has 164 valence electrons. The summed E-state index contributed by atoms with van der Waals surface area (Å²) in [6.07, 6.45) is 0. The van der Waals surface area contributed by atoms with E-state index in [1.807, 2.05) is 74.5 Å². The van der Waals surface area contributed by atoms with Crippen LogP contribution in [0.15, 0.2) is 77.5 Å². The summed E-state index contributed by atoms with van der Waals surface area (Å²) in [4.78, 5) is 41.4. The van der Waals surface area contributed by atoms with Crippen LogP contribution in [0, 0.1) is 0 Å². The Kier molecular flexibility index (Phi) is 5.88. The third-order valence-electron chi connectivity index (χ3n) is 5.57. The Labute approximate surface area is 192 Å². The average Bonchev–Trinajstić information content (AvgIpc) is 3.15. The lowest BCUT2D eigenvalue weighted by Crippen LogP contribution is -2.12. The van der Waals surface area contributed by atoms with E-state index in [1.54, 1.807) is 6.07 Å². The van der Waals surface area contributed by atoms with Gasteiger partial charge in [0.25, 0.3) is 0 Å². The zero-order valence-corrected chi connectivity index (χ0v) is 18.9. The minimum Gasteiger partial charge on any atom is -0.318 e. The summed E-state index contributed by atoms with van der Waals surface area (Å²) in [5.74, 6) is -0.932. The number of Topliss-reactive ketones (excluding diaryl/α,β-unsaturated/α-hetero) is 1. The van der Waals surface area contributed by atoms with Crippen molar-refractivity contribution in [3.63, 3.8) is 0 Å². The van der Waals surface area contributed by atoms with Crippen LogP contribution in [0.2, 0.25) is 0 Å². The van der Waals surface area contributed by atoms with Crippen molar-refractivity contribution in [2.24, 2.45) is 5.16 Å². The van der Waals surface area contributed by atoms with E-state index >= 15 is 0 Å². The molecule has 0 N–H and O–H groups in total. The Morgan fingerprint density at radius 2 is 1.24 bits per heavy atom. The number of benzene rings is 3. The molecule has 5 nitrogen and oxygen atoms in total. The third-order valence-corrected chi connectivity index (χ3v) is 5.57. The molecule has 0 unspecified atom stereocenters. The first-order chi connectivity index (χ1) is 15.8. The second kappa shape index (κ2) is 8.79. The van der Waals surface area contributed by atoms with Gasteiger partial charge in [-0.2, -0.15) is 0 Å². The zero-order valence-electron chi connectivity index (χ0n) is 18.9. The number of allylic oxidation sites excluding steroid dienone is 1. The lowest BCUT2D eigenvalue weighted by atomic mass is 9.95. The molecule has 3 aromatic carbocycles. The molecule has 0 heterocycles. The average molecular weight is 437 g/mol. The molecule has 0 amide bonds. The molecule has 0 saturated carbocycles. The molecule has 5 heteroatoms. The molecule has 0 saturated heterocycles. The Hall–Kier alpha value is -4.12. The van der Waals surface area contributed by atoms with Gasteiger partial charge in [0.1, 0.15) is 5.71 Å². The van der Waals surface area contributed by atoms with Crippen LogP contribution in [0.3, 0.4) is 0 Å². The molecule has 0 radical (unpaired) electrons. The van der Waals surface area contributed by atoms with Crippen LogP contribution in [0.25, 0.3) is 16.7 Å². The number of hydrogen-bond donors (Lipinski definition) is 0. The van der Waals surface area contributed by atoms with E-state index in [1.165, 1.54) is 13.8 Å². The van der Waals surface area contributed by atoms with E-state index in [0.717, 1.165) is 33.4 Å². The summed E-state index contributed by atoms with van der Waals surface area (Å²) in [7, 11) is 0. The van der Waals surface area contributed by atoms with Crippen molar-refractivity contribution in [2.45, 2.75) is 27.7 Å². The highest BCUT2D eigenvalue weighted by atomic mass is 16.7. The second-order valence-electron chi connectivity index (χ2n) is 8.18. The van der Waals surface area contributed by atoms with Crippen molar-refractivity contribution in [3.8, 4) is 11.1 Å². The zero-order chi connectivity index (χ0) is 23.7. The van der Waals surface area contributed by atoms with Crippen LogP contribution in [-0.4, -0.2) is 23.2 Å². The molecule has 0 fully saturated rings. The summed E-state index contributed by atoms with van der Waals surface area (Å²) >= 11 is 0. The van der Waals surface area contributed by atoms with Crippen LogP contribution in [-0.2, 0) is 9.63 Å². The molecule has 0 aliphatic heterocycles. The fourth-order valence-corrected chi connectivity index (χ4v) is 4.08. The number of carbonyl (C=O) groups excluding carboxylic acids is 3. The van der Waals surface area contributed by atoms with E-state index in [2.05, 4.69) is 9.99 Å². The van der Waals surface area contributed by atoms with Crippen molar-refractivity contribution in [2.75, 3.05) is 0 Å². The van der Waals surface area contributed by atoms with Gasteiger partial charge in [0.15, 0.2) is 5.78 Å². The molecular weight excluding hydrogens is 414 g/mol. The number of hydrogen-bond acceptors (Lipinski definition) is 5. The molecule has 1 aliphatic carbocycles.